The van der Waals surface area contributed by atoms with Crippen molar-refractivity contribution in [3.05, 3.63) is 29.3 Å². The number of urea groups is 1. The molecule has 1 aromatic carbocycles. The van der Waals surface area contributed by atoms with E-state index in [4.69, 9.17) is 40.0 Å². The molecule has 22 heteroatoms. The van der Waals surface area contributed by atoms with E-state index in [1.807, 2.05) is 43.8 Å². The predicted octanol–water partition coefficient (Wildman–Crippen LogP) is 3.63. The third-order valence-corrected chi connectivity index (χ3v) is 16.9. The number of likely N-dealkylation sites (N-methyl/N-ethyl adjacent to an activating group) is 1. The van der Waals surface area contributed by atoms with Crippen molar-refractivity contribution >= 4 is 33.6 Å². The molecule has 20 nitrogen and oxygen atoms in total. The van der Waals surface area contributed by atoms with Gasteiger partial charge in [-0.15, -0.1) is 0 Å². The number of ether oxygens (including phenoxy) is 6. The Morgan fingerprint density at radius 1 is 1.00 bits per heavy atom. The molecule has 0 saturated carbocycles. The van der Waals surface area contributed by atoms with E-state index in [0.717, 1.165) is 0 Å². The molecule has 6 N–H and O–H groups in total. The maximum Gasteiger partial charge on any atom is 0.331 e. The number of carbonyl (C=O) groups excluding carboxylic acids is 2. The number of aliphatic hydroxyl groups is 5. The molecule has 0 aliphatic carbocycles. The maximum absolute atomic E-state index is 14.6. The number of halogens is 1. The van der Waals surface area contributed by atoms with Crippen molar-refractivity contribution in [3.8, 4) is 6.07 Å². The van der Waals surface area contributed by atoms with Crippen molar-refractivity contribution in [2.24, 2.45) is 17.8 Å². The minimum absolute atomic E-state index is 0.0304. The Morgan fingerprint density at radius 3 is 2.25 bits per heavy atom. The monoisotopic (exact) mass is 1060 g/mol. The van der Waals surface area contributed by atoms with E-state index in [0.29, 0.717) is 6.42 Å². The highest BCUT2D eigenvalue weighted by Crippen LogP contribution is 2.40. The summed E-state index contributed by atoms with van der Waals surface area (Å²) in [5.41, 5.74) is -4.90. The second kappa shape index (κ2) is 25.8. The van der Waals surface area contributed by atoms with Gasteiger partial charge in [-0.25, -0.2) is 17.9 Å². The fourth-order valence-electron chi connectivity index (χ4n) is 10.8. The Labute approximate surface area is 432 Å². The van der Waals surface area contributed by atoms with E-state index in [1.165, 1.54) is 37.1 Å². The van der Waals surface area contributed by atoms with Crippen LogP contribution in [0.15, 0.2) is 29.2 Å². The Bertz CT molecular complexity index is 2080. The maximum atomic E-state index is 14.6. The first kappa shape index (κ1) is 61.8. The van der Waals surface area contributed by atoms with Crippen molar-refractivity contribution in [1.29, 1.82) is 5.26 Å². The average molecular weight is 1060 g/mol. The summed E-state index contributed by atoms with van der Waals surface area (Å²) in [6.45, 7) is 17.1. The molecule has 0 radical (unpaired) electrons. The van der Waals surface area contributed by atoms with E-state index in [9.17, 15) is 48.8 Å². The minimum Gasteiger partial charge on any atom is -0.459 e. The first-order valence-electron chi connectivity index (χ1n) is 25.2. The Morgan fingerprint density at radius 2 is 1.65 bits per heavy atom. The van der Waals surface area contributed by atoms with Crippen LogP contribution in [0.5, 0.6) is 0 Å². The van der Waals surface area contributed by atoms with Crippen LogP contribution in [0.3, 0.4) is 0 Å². The lowest BCUT2D eigenvalue weighted by atomic mass is 9.77. The van der Waals surface area contributed by atoms with Gasteiger partial charge in [0.05, 0.1) is 59.0 Å². The van der Waals surface area contributed by atoms with Gasteiger partial charge in [0.2, 0.25) is 0 Å². The second-order valence-corrected chi connectivity index (χ2v) is 23.4. The third-order valence-electron chi connectivity index (χ3n) is 15.0. The quantitative estimate of drug-likeness (QED) is 0.137. The molecule has 3 saturated heterocycles. The van der Waals surface area contributed by atoms with Gasteiger partial charge in [0.25, 0.3) is 10.0 Å². The molecule has 0 spiro atoms. The molecule has 3 heterocycles. The fraction of sp³-hybridized carbons (Fsp3) is 0.820. The molecular weight excluding hydrogens is 978 g/mol. The zero-order chi connectivity index (χ0) is 54.3. The number of rotatable bonds is 15. The minimum atomic E-state index is -4.40. The summed E-state index contributed by atoms with van der Waals surface area (Å²) < 4.78 is 66.5. The lowest BCUT2D eigenvalue weighted by Crippen LogP contribution is -2.60. The van der Waals surface area contributed by atoms with Gasteiger partial charge in [0.1, 0.15) is 34.9 Å². The highest BCUT2D eigenvalue weighted by Gasteiger charge is 2.53. The Hall–Kier alpha value is -2.79. The van der Waals surface area contributed by atoms with Crippen molar-refractivity contribution in [2.45, 2.75) is 203 Å². The number of esters is 1. The number of hydrogen-bond acceptors (Lipinski definition) is 18. The van der Waals surface area contributed by atoms with Crippen molar-refractivity contribution in [2.75, 3.05) is 47.4 Å². The van der Waals surface area contributed by atoms with Crippen LogP contribution in [0.4, 0.5) is 4.79 Å². The van der Waals surface area contributed by atoms with Crippen LogP contribution in [0.1, 0.15) is 108 Å². The van der Waals surface area contributed by atoms with E-state index in [-0.39, 0.29) is 80.3 Å². The number of aliphatic hydroxyl groups excluding tert-OH is 3. The van der Waals surface area contributed by atoms with E-state index in [1.54, 1.807) is 54.5 Å². The summed E-state index contributed by atoms with van der Waals surface area (Å²) in [6, 6.07) is 5.46. The largest absolute Gasteiger partial charge is 0.459 e. The van der Waals surface area contributed by atoms with Gasteiger partial charge in [0.15, 0.2) is 12.6 Å². The summed E-state index contributed by atoms with van der Waals surface area (Å²) in [7, 11) is 0.761. The topological polar surface area (TPSA) is 270 Å². The summed E-state index contributed by atoms with van der Waals surface area (Å²) in [5.74, 6) is -3.22. The lowest BCUT2D eigenvalue weighted by Gasteiger charge is -2.48. The molecule has 1 aromatic rings. The van der Waals surface area contributed by atoms with Crippen LogP contribution in [0.25, 0.3) is 0 Å². The van der Waals surface area contributed by atoms with E-state index < -0.39 is 118 Å². The molecule has 18 atom stereocenters. The van der Waals surface area contributed by atoms with Crippen LogP contribution in [-0.4, -0.2) is 198 Å². The van der Waals surface area contributed by atoms with Crippen LogP contribution in [0.2, 0.25) is 5.02 Å². The molecule has 72 heavy (non-hydrogen) atoms. The number of nitrogens with zero attached hydrogens (tertiary/aromatic N) is 4. The SMILES string of the molecule is CC[C@H]1OC(=O)[C@H](C)[C@@H](OC2C[C@](C)(OC)[C@H](O)[C@@H](C)O2)[C@@H](C)[C@@H](O[C@H]2O[C@@H](C)C[C@H](N(C)C)[C@@H]2O)[C@](C)(O)C[C@@H](C)CN(CCCN(CCC#N)C(=O)NS(=O)(=O)c2ccccc2Cl)[C@H](C)[C@@H](O)[C@]1(C)O. The molecule has 3 aliphatic rings. The first-order valence-corrected chi connectivity index (χ1v) is 27.0. The molecule has 2 amide bonds. The molecule has 1 unspecified atom stereocenters. The normalized spacial score (nSPS) is 39.0. The smallest absolute Gasteiger partial charge is 0.331 e. The standard InChI is InChI=1S/C50H84ClN5O15S/c1-14-38-50(10,63)42(58)33(6)56(24-18-23-55(22-17-21-52)47(61)53-72(64,65)37-20-16-15-19-35(37)51)28-29(2)26-48(8,62)44(71-46-40(57)36(54(11)12)25-30(3)67-46)31(4)41(32(5)45(60)69-38)70-39-27-49(9,66-13)43(59)34(7)68-39/h15-16,19-20,29-34,36,38-44,46,57-59,62-63H,14,17-18,22-28H2,1-13H3,(H,53,61)/t29-,30+,31-,32-,33-,34-,36+,38-,39?,40+,41+,42-,43-,44-,46-,48-,49+,50-/m1/s1. The zero-order valence-corrected chi connectivity index (χ0v) is 46.0. The number of benzene rings is 1. The summed E-state index contributed by atoms with van der Waals surface area (Å²) >= 11 is 6.16. The van der Waals surface area contributed by atoms with Gasteiger partial charge in [-0.05, 0) is 106 Å². The summed E-state index contributed by atoms with van der Waals surface area (Å²) in [4.78, 5) is 32.9. The average Bonchev–Trinajstić information content (AvgIpc) is 3.30. The van der Waals surface area contributed by atoms with Crippen LogP contribution in [-0.2, 0) is 43.2 Å². The first-order chi connectivity index (χ1) is 33.5. The van der Waals surface area contributed by atoms with E-state index >= 15 is 0 Å². The van der Waals surface area contributed by atoms with Gasteiger partial charge in [0, 0.05) is 57.7 Å². The molecule has 3 fully saturated rings. The van der Waals surface area contributed by atoms with Gasteiger partial charge in [-0.1, -0.05) is 44.5 Å². The Balaban J connectivity index is 1.78. The molecule has 4 rings (SSSR count). The molecule has 0 aromatic heterocycles. The molecule has 3 aliphatic heterocycles. The van der Waals surface area contributed by atoms with Gasteiger partial charge in [-0.3, -0.25) is 9.69 Å². The van der Waals surface area contributed by atoms with Crippen LogP contribution >= 0.6 is 11.6 Å². The highest BCUT2D eigenvalue weighted by molar-refractivity contribution is 7.90. The number of methoxy groups -OCH3 is 1. The lowest BCUT2D eigenvalue weighted by molar-refractivity contribution is -0.318. The number of amides is 2. The van der Waals surface area contributed by atoms with Crippen molar-refractivity contribution in [1.82, 2.24) is 19.4 Å². The van der Waals surface area contributed by atoms with Crippen LogP contribution < -0.4 is 4.72 Å². The van der Waals surface area contributed by atoms with Crippen molar-refractivity contribution < 1.29 is 72.0 Å². The Kier molecular flexibility index (Phi) is 22.2. The van der Waals surface area contributed by atoms with Crippen LogP contribution in [0, 0.1) is 29.1 Å². The molecule has 412 valence electrons. The molecule has 0 bridgehead atoms. The second-order valence-electron chi connectivity index (χ2n) is 21.3. The number of carbonyl (C=O) groups is 2. The number of nitrogens with one attached hydrogen (secondary N) is 1. The summed E-state index contributed by atoms with van der Waals surface area (Å²) in [6.07, 6.45) is -9.91. The number of sulfonamides is 1. The van der Waals surface area contributed by atoms with Crippen molar-refractivity contribution in [3.63, 3.8) is 0 Å². The van der Waals surface area contributed by atoms with Gasteiger partial charge in [-0.2, -0.15) is 5.26 Å². The predicted molar refractivity (Wildman–Crippen MR) is 267 cm³/mol. The zero-order valence-electron chi connectivity index (χ0n) is 44.4. The van der Waals surface area contributed by atoms with E-state index in [2.05, 4.69) is 4.72 Å². The third kappa shape index (κ3) is 15.0. The number of cyclic esters (lactones) is 1. The fourth-order valence-corrected chi connectivity index (χ4v) is 12.3. The summed E-state index contributed by atoms with van der Waals surface area (Å²) in [5, 5.41) is 69.6. The highest BCUT2D eigenvalue weighted by atomic mass is 35.5. The molecular formula is C50H84ClN5O15S. The number of hydrogen-bond donors (Lipinski definition) is 6. The number of nitriles is 1. The van der Waals surface area contributed by atoms with Gasteiger partial charge < -0.3 is 63.8 Å². The van der Waals surface area contributed by atoms with Gasteiger partial charge >= 0.3 is 12.0 Å².